The molecule has 0 radical (unpaired) electrons. The third-order valence-corrected chi connectivity index (χ3v) is 7.96. The summed E-state index contributed by atoms with van der Waals surface area (Å²) in [5, 5.41) is 10.7. The van der Waals surface area contributed by atoms with E-state index < -0.39 is 15.9 Å². The summed E-state index contributed by atoms with van der Waals surface area (Å²) in [6, 6.07) is 6.34. The molecule has 4 rings (SSSR count). The van der Waals surface area contributed by atoms with Gasteiger partial charge in [-0.1, -0.05) is 29.4 Å². The number of fused-ring (bicyclic) bond motifs is 2. The molecule has 2 bridgehead atoms. The van der Waals surface area contributed by atoms with Gasteiger partial charge in [0.1, 0.15) is 0 Å². The van der Waals surface area contributed by atoms with Gasteiger partial charge in [-0.05, 0) is 55.4 Å². The number of carbonyl (C=O) groups excluding carboxylic acids is 1. The number of hydrogen-bond acceptors (Lipinski definition) is 6. The Morgan fingerprint density at radius 2 is 1.92 bits per heavy atom. The number of rotatable bonds is 5. The van der Waals surface area contributed by atoms with Gasteiger partial charge in [-0.15, -0.1) is 10.2 Å². The van der Waals surface area contributed by atoms with Crippen LogP contribution in [0, 0.1) is 11.8 Å². The smallest absolute Gasteiger partial charge is 0.270 e. The molecule has 1 heterocycles. The van der Waals surface area contributed by atoms with Gasteiger partial charge in [-0.2, -0.15) is 0 Å². The number of amides is 1. The van der Waals surface area contributed by atoms with E-state index in [1.165, 1.54) is 6.42 Å². The zero-order valence-corrected chi connectivity index (χ0v) is 16.1. The van der Waals surface area contributed by atoms with Crippen molar-refractivity contribution in [3.8, 4) is 0 Å². The largest absolute Gasteiger partial charge is 0.296 e. The van der Waals surface area contributed by atoms with Crippen molar-refractivity contribution in [2.75, 3.05) is 5.32 Å². The Morgan fingerprint density at radius 3 is 2.58 bits per heavy atom. The van der Waals surface area contributed by atoms with Crippen LogP contribution in [0.25, 0.3) is 0 Å². The minimum Gasteiger partial charge on any atom is -0.296 e. The molecule has 0 spiro atoms. The van der Waals surface area contributed by atoms with Gasteiger partial charge in [0.2, 0.25) is 9.47 Å². The summed E-state index contributed by atoms with van der Waals surface area (Å²) in [6.45, 7) is 0. The van der Waals surface area contributed by atoms with Gasteiger partial charge in [-0.3, -0.25) is 10.1 Å². The third kappa shape index (κ3) is 3.62. The van der Waals surface area contributed by atoms with E-state index in [0.29, 0.717) is 22.4 Å². The van der Waals surface area contributed by atoms with Crippen molar-refractivity contribution in [3.63, 3.8) is 0 Å². The van der Waals surface area contributed by atoms with Crippen LogP contribution in [0.2, 0.25) is 5.02 Å². The molecule has 2 N–H and O–H groups in total. The van der Waals surface area contributed by atoms with Crippen molar-refractivity contribution in [3.05, 3.63) is 34.9 Å². The molecular weight excluding hydrogens is 396 g/mol. The van der Waals surface area contributed by atoms with E-state index >= 15 is 0 Å². The van der Waals surface area contributed by atoms with Gasteiger partial charge in [0, 0.05) is 16.6 Å². The first kappa shape index (κ1) is 17.8. The Labute approximate surface area is 160 Å². The fourth-order valence-electron chi connectivity index (χ4n) is 3.78. The summed E-state index contributed by atoms with van der Waals surface area (Å²) in [5.74, 6) is 0.658. The van der Waals surface area contributed by atoms with Crippen LogP contribution in [0.4, 0.5) is 5.13 Å². The highest BCUT2D eigenvalue weighted by Gasteiger charge is 2.41. The summed E-state index contributed by atoms with van der Waals surface area (Å²) >= 11 is 6.64. The van der Waals surface area contributed by atoms with Crippen LogP contribution in [0.1, 0.15) is 36.0 Å². The number of hydrogen-bond donors (Lipinski definition) is 2. The van der Waals surface area contributed by atoms with Gasteiger partial charge in [0.25, 0.3) is 15.9 Å². The highest BCUT2D eigenvalue weighted by Crippen LogP contribution is 2.44. The summed E-state index contributed by atoms with van der Waals surface area (Å²) in [5.41, 5.74) is 0.397. The molecule has 0 saturated heterocycles. The van der Waals surface area contributed by atoms with E-state index in [9.17, 15) is 13.2 Å². The fraction of sp³-hybridized carbons (Fsp3) is 0.438. The van der Waals surface area contributed by atoms with Crippen molar-refractivity contribution in [2.24, 2.45) is 11.8 Å². The van der Waals surface area contributed by atoms with E-state index in [1.807, 2.05) is 0 Å². The van der Waals surface area contributed by atoms with E-state index in [0.717, 1.165) is 30.6 Å². The molecule has 2 aromatic rings. The molecular formula is C16H17ClN4O3S2. The molecule has 0 aliphatic heterocycles. The van der Waals surface area contributed by atoms with Gasteiger partial charge in [0.15, 0.2) is 0 Å². The SMILES string of the molecule is O=C(Nc1nnc(S(=O)(=O)NC2CC3CCC2C3)s1)c1ccc(Cl)cc1. The van der Waals surface area contributed by atoms with Crippen LogP contribution in [0.15, 0.2) is 28.6 Å². The van der Waals surface area contributed by atoms with Crippen molar-refractivity contribution < 1.29 is 13.2 Å². The van der Waals surface area contributed by atoms with Crippen LogP contribution in [-0.4, -0.2) is 30.6 Å². The minimum atomic E-state index is -3.73. The average Bonchev–Trinajstić information content (AvgIpc) is 3.32. The Balaban J connectivity index is 1.43. The lowest BCUT2D eigenvalue weighted by Gasteiger charge is -2.21. The summed E-state index contributed by atoms with van der Waals surface area (Å²) in [7, 11) is -3.73. The molecule has 1 aromatic carbocycles. The number of aromatic nitrogens is 2. The first-order valence-corrected chi connectivity index (χ1v) is 11.0. The number of sulfonamides is 1. The quantitative estimate of drug-likeness (QED) is 0.735. The van der Waals surface area contributed by atoms with Crippen LogP contribution >= 0.6 is 22.9 Å². The molecule has 1 amide bonds. The Kier molecular flexibility index (Phi) is 4.72. The van der Waals surface area contributed by atoms with Crippen LogP contribution in [-0.2, 0) is 10.0 Å². The number of carbonyl (C=O) groups is 1. The number of halogens is 1. The highest BCUT2D eigenvalue weighted by molar-refractivity contribution is 7.91. The second-order valence-electron chi connectivity index (χ2n) is 6.74. The normalized spacial score (nSPS) is 24.7. The van der Waals surface area contributed by atoms with Gasteiger partial charge >= 0.3 is 0 Å². The second-order valence-corrected chi connectivity index (χ2v) is 10.0. The number of anilines is 1. The molecule has 2 aliphatic rings. The monoisotopic (exact) mass is 412 g/mol. The van der Waals surface area contributed by atoms with Gasteiger partial charge < -0.3 is 0 Å². The molecule has 1 aromatic heterocycles. The first-order chi connectivity index (χ1) is 12.4. The summed E-state index contributed by atoms with van der Waals surface area (Å²) in [6.07, 6.45) is 4.27. The Bertz CT molecular complexity index is 929. The van der Waals surface area contributed by atoms with E-state index in [-0.39, 0.29) is 15.5 Å². The first-order valence-electron chi connectivity index (χ1n) is 8.33. The maximum Gasteiger partial charge on any atom is 0.270 e. The third-order valence-electron chi connectivity index (χ3n) is 5.01. The van der Waals surface area contributed by atoms with Crippen molar-refractivity contribution >= 4 is 44.0 Å². The van der Waals surface area contributed by atoms with Crippen molar-refractivity contribution in [2.45, 2.75) is 36.1 Å². The van der Waals surface area contributed by atoms with E-state index in [4.69, 9.17) is 11.6 Å². The molecule has 2 fully saturated rings. The predicted molar refractivity (Wildman–Crippen MR) is 98.9 cm³/mol. The number of nitrogens with one attached hydrogen (secondary N) is 2. The topological polar surface area (TPSA) is 101 Å². The van der Waals surface area contributed by atoms with Crippen molar-refractivity contribution in [1.29, 1.82) is 0 Å². The van der Waals surface area contributed by atoms with E-state index in [1.54, 1.807) is 24.3 Å². The molecule has 3 unspecified atom stereocenters. The highest BCUT2D eigenvalue weighted by atomic mass is 35.5. The fourth-order valence-corrected chi connectivity index (χ4v) is 6.13. The van der Waals surface area contributed by atoms with Crippen LogP contribution < -0.4 is 10.0 Å². The summed E-state index contributed by atoms with van der Waals surface area (Å²) in [4.78, 5) is 12.2. The summed E-state index contributed by atoms with van der Waals surface area (Å²) < 4.78 is 27.7. The molecule has 3 atom stereocenters. The zero-order valence-electron chi connectivity index (χ0n) is 13.7. The predicted octanol–water partition coefficient (Wildman–Crippen LogP) is 2.91. The maximum atomic E-state index is 12.5. The molecule has 2 aliphatic carbocycles. The lowest BCUT2D eigenvalue weighted by atomic mass is 9.96. The lowest BCUT2D eigenvalue weighted by molar-refractivity contribution is 0.102. The second kappa shape index (κ2) is 6.88. The molecule has 138 valence electrons. The minimum absolute atomic E-state index is 0.0187. The van der Waals surface area contributed by atoms with Gasteiger partial charge in [-0.25, -0.2) is 13.1 Å². The Hall–Kier alpha value is -1.55. The number of benzene rings is 1. The molecule has 26 heavy (non-hydrogen) atoms. The molecule has 10 heteroatoms. The zero-order chi connectivity index (χ0) is 18.3. The Morgan fingerprint density at radius 1 is 1.15 bits per heavy atom. The molecule has 7 nitrogen and oxygen atoms in total. The maximum absolute atomic E-state index is 12.5. The molecule has 2 saturated carbocycles. The van der Waals surface area contributed by atoms with Crippen LogP contribution in [0.5, 0.6) is 0 Å². The average molecular weight is 413 g/mol. The lowest BCUT2D eigenvalue weighted by Crippen LogP contribution is -2.38. The number of nitrogens with zero attached hydrogens (tertiary/aromatic N) is 2. The standard InChI is InChI=1S/C16H17ClN4O3S2/c17-12-5-3-10(4-6-12)14(22)18-15-19-20-16(25-15)26(23,24)21-13-8-9-1-2-11(13)7-9/h3-6,9,11,13,21H,1-2,7-8H2,(H,18,19,22). The van der Waals surface area contributed by atoms with E-state index in [2.05, 4.69) is 20.2 Å². The van der Waals surface area contributed by atoms with Gasteiger partial charge in [0.05, 0.1) is 0 Å². The van der Waals surface area contributed by atoms with Crippen molar-refractivity contribution in [1.82, 2.24) is 14.9 Å². The van der Waals surface area contributed by atoms with Crippen LogP contribution in [0.3, 0.4) is 0 Å².